The topological polar surface area (TPSA) is 29.3 Å². The fourth-order valence-corrected chi connectivity index (χ4v) is 2.44. The van der Waals surface area contributed by atoms with Crippen LogP contribution in [0.2, 0.25) is 0 Å². The predicted octanol–water partition coefficient (Wildman–Crippen LogP) is 3.40. The Labute approximate surface area is 130 Å². The van der Waals surface area contributed by atoms with Crippen LogP contribution in [0.15, 0.2) is 42.5 Å². The average molecular weight is 302 g/mol. The highest BCUT2D eigenvalue weighted by Gasteiger charge is 2.06. The molecule has 2 N–H and O–H groups in total. The molecule has 0 aliphatic rings. The first-order chi connectivity index (χ1) is 9.95. The number of hydrogen-bond donors (Lipinski definition) is 1. The van der Waals surface area contributed by atoms with Crippen molar-refractivity contribution in [1.82, 2.24) is 4.90 Å². The zero-order valence-electron chi connectivity index (χ0n) is 12.3. The molecule has 0 atom stereocenters. The summed E-state index contributed by atoms with van der Waals surface area (Å²) in [6.45, 7) is 3.48. The van der Waals surface area contributed by atoms with E-state index in [1.165, 1.54) is 6.07 Å². The Bertz CT molecular complexity index is 655. The van der Waals surface area contributed by atoms with Gasteiger partial charge in [-0.05, 0) is 48.9 Å². The van der Waals surface area contributed by atoms with Gasteiger partial charge >= 0.3 is 0 Å². The van der Waals surface area contributed by atoms with E-state index in [9.17, 15) is 4.39 Å². The largest absolute Gasteiger partial charge is 0.389 e. The first-order valence-corrected chi connectivity index (χ1v) is 7.19. The summed E-state index contributed by atoms with van der Waals surface area (Å²) in [5.74, 6) is -0.192. The van der Waals surface area contributed by atoms with Crippen LogP contribution in [0.25, 0.3) is 0 Å². The molecule has 110 valence electrons. The Balaban J connectivity index is 2.06. The SMILES string of the molecule is Cc1cc(F)ccc1CN(C)Cc1cccc(C(N)=S)c1. The van der Waals surface area contributed by atoms with Crippen LogP contribution >= 0.6 is 12.2 Å². The Morgan fingerprint density at radius 3 is 2.62 bits per heavy atom. The Hall–Kier alpha value is -1.78. The third kappa shape index (κ3) is 4.34. The fraction of sp³-hybridized carbons (Fsp3) is 0.235. The van der Waals surface area contributed by atoms with Gasteiger partial charge in [-0.2, -0.15) is 0 Å². The van der Waals surface area contributed by atoms with Gasteiger partial charge in [-0.3, -0.25) is 4.90 Å². The molecule has 21 heavy (non-hydrogen) atoms. The average Bonchev–Trinajstić information content (AvgIpc) is 2.42. The second-order valence-electron chi connectivity index (χ2n) is 5.31. The summed E-state index contributed by atoms with van der Waals surface area (Å²) in [5, 5.41) is 0. The Morgan fingerprint density at radius 2 is 1.95 bits per heavy atom. The van der Waals surface area contributed by atoms with Gasteiger partial charge in [0.2, 0.25) is 0 Å². The van der Waals surface area contributed by atoms with Gasteiger partial charge in [0.05, 0.1) is 0 Å². The maximum atomic E-state index is 13.1. The number of rotatable bonds is 5. The standard InChI is InChI=1S/C17H19FN2S/c1-12-8-16(18)7-6-15(12)11-20(2)10-13-4-3-5-14(9-13)17(19)21/h3-9H,10-11H2,1-2H3,(H2,19,21). The fourth-order valence-electron chi connectivity index (χ4n) is 2.32. The van der Waals surface area contributed by atoms with E-state index < -0.39 is 0 Å². The smallest absolute Gasteiger partial charge is 0.123 e. The van der Waals surface area contributed by atoms with E-state index >= 15 is 0 Å². The minimum atomic E-state index is -0.192. The van der Waals surface area contributed by atoms with Crippen molar-refractivity contribution < 1.29 is 4.39 Å². The van der Waals surface area contributed by atoms with Gasteiger partial charge in [0.25, 0.3) is 0 Å². The maximum Gasteiger partial charge on any atom is 0.123 e. The van der Waals surface area contributed by atoms with Crippen LogP contribution < -0.4 is 5.73 Å². The zero-order chi connectivity index (χ0) is 15.4. The summed E-state index contributed by atoms with van der Waals surface area (Å²) in [6, 6.07) is 12.8. The van der Waals surface area contributed by atoms with Crippen LogP contribution in [0.1, 0.15) is 22.3 Å². The van der Waals surface area contributed by atoms with Crippen molar-refractivity contribution in [2.24, 2.45) is 5.73 Å². The van der Waals surface area contributed by atoms with Crippen LogP contribution in [0, 0.1) is 12.7 Å². The molecular formula is C17H19FN2S. The molecule has 2 aromatic carbocycles. The molecule has 0 unspecified atom stereocenters. The van der Waals surface area contributed by atoms with Crippen molar-refractivity contribution in [3.63, 3.8) is 0 Å². The minimum Gasteiger partial charge on any atom is -0.389 e. The lowest BCUT2D eigenvalue weighted by Gasteiger charge is -2.18. The normalized spacial score (nSPS) is 10.9. The third-order valence-electron chi connectivity index (χ3n) is 3.41. The summed E-state index contributed by atoms with van der Waals surface area (Å²) in [6.07, 6.45) is 0. The van der Waals surface area contributed by atoms with Crippen molar-refractivity contribution in [3.8, 4) is 0 Å². The number of aryl methyl sites for hydroxylation is 1. The maximum absolute atomic E-state index is 13.1. The predicted molar refractivity (Wildman–Crippen MR) is 88.6 cm³/mol. The van der Waals surface area contributed by atoms with Gasteiger partial charge in [-0.25, -0.2) is 4.39 Å². The van der Waals surface area contributed by atoms with Crippen molar-refractivity contribution >= 4 is 17.2 Å². The van der Waals surface area contributed by atoms with Crippen molar-refractivity contribution in [2.75, 3.05) is 7.05 Å². The molecule has 0 saturated heterocycles. The molecule has 0 radical (unpaired) electrons. The third-order valence-corrected chi connectivity index (χ3v) is 3.64. The summed E-state index contributed by atoms with van der Waals surface area (Å²) in [7, 11) is 2.04. The highest BCUT2D eigenvalue weighted by atomic mass is 32.1. The lowest BCUT2D eigenvalue weighted by molar-refractivity contribution is 0.318. The molecule has 0 heterocycles. The number of thiocarbonyl (C=S) groups is 1. The molecule has 0 bridgehead atoms. The molecule has 0 aromatic heterocycles. The summed E-state index contributed by atoms with van der Waals surface area (Å²) in [5.41, 5.74) is 9.79. The van der Waals surface area contributed by atoms with Crippen molar-refractivity contribution in [3.05, 3.63) is 70.5 Å². The van der Waals surface area contributed by atoms with Gasteiger partial charge in [0, 0.05) is 18.7 Å². The van der Waals surface area contributed by atoms with Crippen LogP contribution in [-0.4, -0.2) is 16.9 Å². The minimum absolute atomic E-state index is 0.192. The number of benzene rings is 2. The molecule has 0 fully saturated rings. The molecule has 2 aromatic rings. The van der Waals surface area contributed by atoms with Crippen LogP contribution in [0.5, 0.6) is 0 Å². The molecule has 0 aliphatic heterocycles. The number of halogens is 1. The van der Waals surface area contributed by atoms with E-state index in [1.807, 2.05) is 38.2 Å². The van der Waals surface area contributed by atoms with Crippen LogP contribution in [0.4, 0.5) is 4.39 Å². The first-order valence-electron chi connectivity index (χ1n) is 6.78. The molecule has 0 spiro atoms. The molecule has 4 heteroatoms. The molecule has 0 amide bonds. The van der Waals surface area contributed by atoms with Crippen molar-refractivity contribution in [2.45, 2.75) is 20.0 Å². The van der Waals surface area contributed by atoms with Gasteiger partial charge in [-0.1, -0.05) is 36.5 Å². The quantitative estimate of drug-likeness (QED) is 0.858. The van der Waals surface area contributed by atoms with E-state index in [-0.39, 0.29) is 5.82 Å². The van der Waals surface area contributed by atoms with Gasteiger partial charge in [0.1, 0.15) is 10.8 Å². The van der Waals surface area contributed by atoms with Gasteiger partial charge < -0.3 is 5.73 Å². The van der Waals surface area contributed by atoms with E-state index in [2.05, 4.69) is 11.0 Å². The molecule has 2 rings (SSSR count). The highest BCUT2D eigenvalue weighted by Crippen LogP contribution is 2.14. The van der Waals surface area contributed by atoms with Crippen LogP contribution in [0.3, 0.4) is 0 Å². The summed E-state index contributed by atoms with van der Waals surface area (Å²) >= 11 is 5.00. The van der Waals surface area contributed by atoms with Gasteiger partial charge in [0.15, 0.2) is 0 Å². The molecule has 0 aliphatic carbocycles. The highest BCUT2D eigenvalue weighted by molar-refractivity contribution is 7.80. The van der Waals surface area contributed by atoms with Gasteiger partial charge in [-0.15, -0.1) is 0 Å². The van der Waals surface area contributed by atoms with Crippen LogP contribution in [-0.2, 0) is 13.1 Å². The van der Waals surface area contributed by atoms with E-state index in [0.717, 1.165) is 35.3 Å². The molecule has 0 saturated carbocycles. The second-order valence-corrected chi connectivity index (χ2v) is 5.75. The first kappa shape index (κ1) is 15.6. The lowest BCUT2D eigenvalue weighted by atomic mass is 10.1. The lowest BCUT2D eigenvalue weighted by Crippen LogP contribution is -2.18. The Kier molecular flexibility index (Phi) is 5.04. The monoisotopic (exact) mass is 302 g/mol. The Morgan fingerprint density at radius 1 is 1.19 bits per heavy atom. The summed E-state index contributed by atoms with van der Waals surface area (Å²) < 4.78 is 13.1. The number of hydrogen-bond acceptors (Lipinski definition) is 2. The summed E-state index contributed by atoms with van der Waals surface area (Å²) in [4.78, 5) is 2.59. The van der Waals surface area contributed by atoms with E-state index in [0.29, 0.717) is 4.99 Å². The second kappa shape index (κ2) is 6.78. The number of nitrogens with zero attached hydrogens (tertiary/aromatic N) is 1. The molecule has 2 nitrogen and oxygen atoms in total. The van der Waals surface area contributed by atoms with E-state index in [1.54, 1.807) is 6.07 Å². The molecular weight excluding hydrogens is 283 g/mol. The zero-order valence-corrected chi connectivity index (χ0v) is 13.1. The van der Waals surface area contributed by atoms with E-state index in [4.69, 9.17) is 18.0 Å². The number of nitrogens with two attached hydrogens (primary N) is 1. The van der Waals surface area contributed by atoms with Crippen molar-refractivity contribution in [1.29, 1.82) is 0 Å².